The molecule has 0 bridgehead atoms. The second kappa shape index (κ2) is 11.5. The van der Waals surface area contributed by atoms with Crippen LogP contribution in [0.3, 0.4) is 0 Å². The van der Waals surface area contributed by atoms with Gasteiger partial charge in [0.2, 0.25) is 0 Å². The molecule has 8 heteroatoms. The van der Waals surface area contributed by atoms with E-state index < -0.39 is 11.9 Å². The third kappa shape index (κ3) is 5.72. The standard InChI is InChI=1S/C26H26N2O6/c1-4-33-22-16-21(28-25(30)18-13-9-10-14-19(18)26(31)32-3)23(34-5-2)15-20(22)27-24(29)17-11-7-6-8-12-17/h6-16H,4-5H2,1-3H3,(H,27,29)(H,28,30). The number of ether oxygens (including phenoxy) is 3. The number of carbonyl (C=O) groups is 3. The van der Waals surface area contributed by atoms with Crippen LogP contribution in [0.15, 0.2) is 66.7 Å². The lowest BCUT2D eigenvalue weighted by atomic mass is 10.1. The minimum atomic E-state index is -0.621. The fourth-order valence-corrected chi connectivity index (χ4v) is 3.25. The number of methoxy groups -OCH3 is 1. The second-order valence-electron chi connectivity index (χ2n) is 7.02. The SMILES string of the molecule is CCOc1cc(NC(=O)c2ccccc2C(=O)OC)c(OCC)cc1NC(=O)c1ccccc1. The van der Waals surface area contributed by atoms with Crippen molar-refractivity contribution in [2.75, 3.05) is 31.0 Å². The van der Waals surface area contributed by atoms with E-state index in [1.807, 2.05) is 13.0 Å². The van der Waals surface area contributed by atoms with E-state index in [2.05, 4.69) is 10.6 Å². The summed E-state index contributed by atoms with van der Waals surface area (Å²) in [6.07, 6.45) is 0. The number of rotatable bonds is 9. The number of hydrogen-bond acceptors (Lipinski definition) is 6. The first-order valence-corrected chi connectivity index (χ1v) is 10.8. The zero-order valence-electron chi connectivity index (χ0n) is 19.2. The average Bonchev–Trinajstić information content (AvgIpc) is 2.86. The molecule has 0 aliphatic carbocycles. The van der Waals surface area contributed by atoms with Crippen LogP contribution in [0.4, 0.5) is 11.4 Å². The molecule has 0 spiro atoms. The Bertz CT molecular complexity index is 1180. The lowest BCUT2D eigenvalue weighted by Crippen LogP contribution is -2.18. The largest absolute Gasteiger partial charge is 0.492 e. The van der Waals surface area contributed by atoms with E-state index in [1.165, 1.54) is 19.2 Å². The second-order valence-corrected chi connectivity index (χ2v) is 7.02. The van der Waals surface area contributed by atoms with Crippen molar-refractivity contribution in [2.24, 2.45) is 0 Å². The summed E-state index contributed by atoms with van der Waals surface area (Å²) >= 11 is 0. The highest BCUT2D eigenvalue weighted by Gasteiger charge is 2.21. The van der Waals surface area contributed by atoms with Crippen molar-refractivity contribution in [1.82, 2.24) is 0 Å². The Morgan fingerprint density at radius 3 is 1.74 bits per heavy atom. The van der Waals surface area contributed by atoms with Crippen molar-refractivity contribution in [3.63, 3.8) is 0 Å². The first-order valence-electron chi connectivity index (χ1n) is 10.8. The average molecular weight is 463 g/mol. The van der Waals surface area contributed by atoms with Crippen molar-refractivity contribution in [3.05, 3.63) is 83.4 Å². The zero-order chi connectivity index (χ0) is 24.5. The van der Waals surface area contributed by atoms with Crippen LogP contribution in [0, 0.1) is 0 Å². The van der Waals surface area contributed by atoms with Crippen LogP contribution in [0.5, 0.6) is 11.5 Å². The quantitative estimate of drug-likeness (QED) is 0.444. The van der Waals surface area contributed by atoms with Crippen LogP contribution in [-0.2, 0) is 4.74 Å². The molecule has 3 aromatic rings. The van der Waals surface area contributed by atoms with Crippen LogP contribution in [0.1, 0.15) is 44.9 Å². The maximum absolute atomic E-state index is 13.0. The fourth-order valence-electron chi connectivity index (χ4n) is 3.25. The molecule has 8 nitrogen and oxygen atoms in total. The van der Waals surface area contributed by atoms with Crippen LogP contribution in [-0.4, -0.2) is 38.1 Å². The Morgan fingerprint density at radius 2 is 1.21 bits per heavy atom. The van der Waals surface area contributed by atoms with E-state index in [0.717, 1.165) is 0 Å². The number of hydrogen-bond donors (Lipinski definition) is 2. The van der Waals surface area contributed by atoms with E-state index in [1.54, 1.807) is 55.5 Å². The summed E-state index contributed by atoms with van der Waals surface area (Å²) in [4.78, 5) is 37.8. The van der Waals surface area contributed by atoms with Crippen molar-refractivity contribution >= 4 is 29.2 Å². The first kappa shape index (κ1) is 24.3. The number of esters is 1. The molecule has 3 aromatic carbocycles. The van der Waals surface area contributed by atoms with Crippen molar-refractivity contribution < 1.29 is 28.6 Å². The monoisotopic (exact) mass is 462 g/mol. The third-order valence-corrected chi connectivity index (χ3v) is 4.79. The van der Waals surface area contributed by atoms with Crippen LogP contribution < -0.4 is 20.1 Å². The van der Waals surface area contributed by atoms with Gasteiger partial charge in [0, 0.05) is 17.7 Å². The maximum Gasteiger partial charge on any atom is 0.338 e. The number of benzene rings is 3. The highest BCUT2D eigenvalue weighted by molar-refractivity contribution is 6.12. The molecule has 0 aliphatic rings. The van der Waals surface area contributed by atoms with Crippen molar-refractivity contribution in [2.45, 2.75) is 13.8 Å². The Morgan fingerprint density at radius 1 is 0.706 bits per heavy atom. The van der Waals surface area contributed by atoms with Crippen LogP contribution in [0.25, 0.3) is 0 Å². The maximum atomic E-state index is 13.0. The van der Waals surface area contributed by atoms with Gasteiger partial charge in [-0.15, -0.1) is 0 Å². The van der Waals surface area contributed by atoms with Gasteiger partial charge in [0.1, 0.15) is 11.5 Å². The molecule has 0 atom stereocenters. The van der Waals surface area contributed by atoms with Crippen LogP contribution in [0.2, 0.25) is 0 Å². The summed E-state index contributed by atoms with van der Waals surface area (Å²) in [5, 5.41) is 5.61. The molecule has 34 heavy (non-hydrogen) atoms. The van der Waals surface area contributed by atoms with E-state index in [4.69, 9.17) is 14.2 Å². The minimum Gasteiger partial charge on any atom is -0.492 e. The van der Waals surface area contributed by atoms with E-state index in [-0.39, 0.29) is 17.0 Å². The molecule has 3 rings (SSSR count). The van der Waals surface area contributed by atoms with Gasteiger partial charge in [0.05, 0.1) is 42.8 Å². The third-order valence-electron chi connectivity index (χ3n) is 4.79. The van der Waals surface area contributed by atoms with Gasteiger partial charge in [-0.1, -0.05) is 30.3 Å². The number of amides is 2. The topological polar surface area (TPSA) is 103 Å². The van der Waals surface area contributed by atoms with Gasteiger partial charge in [-0.3, -0.25) is 9.59 Å². The lowest BCUT2D eigenvalue weighted by Gasteiger charge is -2.18. The summed E-state index contributed by atoms with van der Waals surface area (Å²) in [7, 11) is 1.25. The van der Waals surface area contributed by atoms with E-state index >= 15 is 0 Å². The van der Waals surface area contributed by atoms with Crippen molar-refractivity contribution in [1.29, 1.82) is 0 Å². The van der Waals surface area contributed by atoms with Crippen molar-refractivity contribution in [3.8, 4) is 11.5 Å². The number of nitrogens with one attached hydrogen (secondary N) is 2. The van der Waals surface area contributed by atoms with Gasteiger partial charge < -0.3 is 24.8 Å². The molecule has 0 heterocycles. The van der Waals surface area contributed by atoms with Gasteiger partial charge in [0.15, 0.2) is 0 Å². The molecule has 176 valence electrons. The molecule has 0 fully saturated rings. The Labute approximate surface area is 197 Å². The molecular formula is C26H26N2O6. The van der Waals surface area contributed by atoms with Gasteiger partial charge in [-0.25, -0.2) is 4.79 Å². The molecule has 2 amide bonds. The molecule has 0 aromatic heterocycles. The van der Waals surface area contributed by atoms with Gasteiger partial charge >= 0.3 is 5.97 Å². The lowest BCUT2D eigenvalue weighted by molar-refractivity contribution is 0.0597. The van der Waals surface area contributed by atoms with Crippen LogP contribution >= 0.6 is 0 Å². The van der Waals surface area contributed by atoms with E-state index in [0.29, 0.717) is 41.7 Å². The molecule has 0 radical (unpaired) electrons. The summed E-state index contributed by atoms with van der Waals surface area (Å²) in [6, 6.07) is 18.3. The fraction of sp³-hybridized carbons (Fsp3) is 0.192. The molecule has 0 saturated heterocycles. The first-order chi connectivity index (χ1) is 16.5. The molecular weight excluding hydrogens is 436 g/mol. The summed E-state index contributed by atoms with van der Waals surface area (Å²) in [6.45, 7) is 4.27. The number of carbonyl (C=O) groups excluding carboxylic acids is 3. The predicted molar refractivity (Wildman–Crippen MR) is 129 cm³/mol. The molecule has 0 unspecified atom stereocenters. The number of anilines is 2. The van der Waals surface area contributed by atoms with E-state index in [9.17, 15) is 14.4 Å². The smallest absolute Gasteiger partial charge is 0.338 e. The molecule has 0 aliphatic heterocycles. The minimum absolute atomic E-state index is 0.136. The summed E-state index contributed by atoms with van der Waals surface area (Å²) in [5.74, 6) is -0.770. The molecule has 2 N–H and O–H groups in total. The highest BCUT2D eigenvalue weighted by Crippen LogP contribution is 2.37. The Balaban J connectivity index is 1.96. The van der Waals surface area contributed by atoms with Gasteiger partial charge in [0.25, 0.3) is 11.8 Å². The summed E-state index contributed by atoms with van der Waals surface area (Å²) < 4.78 is 16.2. The zero-order valence-corrected chi connectivity index (χ0v) is 19.2. The summed E-state index contributed by atoms with van der Waals surface area (Å²) in [5.41, 5.74) is 1.49. The molecule has 0 saturated carbocycles. The van der Waals surface area contributed by atoms with Gasteiger partial charge in [-0.2, -0.15) is 0 Å². The Hall–Kier alpha value is -4.33. The predicted octanol–water partition coefficient (Wildman–Crippen LogP) is 4.78. The highest BCUT2D eigenvalue weighted by atomic mass is 16.5. The normalized spacial score (nSPS) is 10.2. The Kier molecular flexibility index (Phi) is 8.23. The van der Waals surface area contributed by atoms with Gasteiger partial charge in [-0.05, 0) is 38.1 Å².